The monoisotopic (exact) mass is 394 g/mol. The molecule has 0 aromatic carbocycles. The number of nitrogens with one attached hydrogen (secondary N) is 1. The molecule has 0 spiro atoms. The van der Waals surface area contributed by atoms with Crippen molar-refractivity contribution in [2.24, 2.45) is 0 Å². The second kappa shape index (κ2) is 8.09. The molecule has 0 aliphatic heterocycles. The van der Waals surface area contributed by atoms with Gasteiger partial charge in [-0.15, -0.1) is 5.10 Å². The molecule has 4 aromatic rings. The normalized spacial score (nSPS) is 10.9. The molecule has 0 amide bonds. The number of anilines is 2. The highest BCUT2D eigenvalue weighted by Gasteiger charge is 2.17. The fraction of sp³-hybridized carbons (Fsp3) is 0.200. The van der Waals surface area contributed by atoms with Crippen LogP contribution in [0.15, 0.2) is 48.9 Å². The largest absolute Gasteiger partial charge is 0.491 e. The molecule has 0 fully saturated rings. The van der Waals surface area contributed by atoms with Crippen LogP contribution in [0.1, 0.15) is 13.3 Å². The molecule has 1 N–H and O–H groups in total. The van der Waals surface area contributed by atoms with E-state index in [-0.39, 0.29) is 5.69 Å². The number of nitrogens with zero attached hydrogens (tertiary/aromatic N) is 5. The van der Waals surface area contributed by atoms with Crippen LogP contribution in [-0.4, -0.2) is 38.3 Å². The van der Waals surface area contributed by atoms with Crippen LogP contribution in [-0.2, 0) is 0 Å². The molecular weight excluding hydrogens is 375 g/mol. The number of hydrogen-bond donors (Lipinski definition) is 1. The number of aromatic nitrogens is 5. The van der Waals surface area contributed by atoms with Crippen molar-refractivity contribution in [2.45, 2.75) is 13.3 Å². The van der Waals surface area contributed by atoms with Crippen molar-refractivity contribution < 1.29 is 13.9 Å². The third-order valence-electron chi connectivity index (χ3n) is 4.12. The first-order chi connectivity index (χ1) is 14.2. The Morgan fingerprint density at radius 3 is 2.86 bits per heavy atom. The van der Waals surface area contributed by atoms with Crippen LogP contribution in [0.4, 0.5) is 15.9 Å². The molecule has 0 unspecified atom stereocenters. The van der Waals surface area contributed by atoms with Crippen molar-refractivity contribution in [2.75, 3.05) is 19.0 Å². The predicted molar refractivity (Wildman–Crippen MR) is 106 cm³/mol. The van der Waals surface area contributed by atoms with Crippen LogP contribution in [0.5, 0.6) is 11.6 Å². The minimum Gasteiger partial charge on any atom is -0.491 e. The number of ether oxygens (including phenoxy) is 2. The maximum atomic E-state index is 14.2. The molecule has 9 heteroatoms. The Balaban J connectivity index is 1.86. The summed E-state index contributed by atoms with van der Waals surface area (Å²) in [7, 11) is 1.54. The van der Waals surface area contributed by atoms with E-state index in [1.165, 1.54) is 12.3 Å². The molecular formula is C20H19FN6O2. The second-order valence-corrected chi connectivity index (χ2v) is 6.15. The van der Waals surface area contributed by atoms with E-state index >= 15 is 0 Å². The molecule has 0 saturated carbocycles. The van der Waals surface area contributed by atoms with Gasteiger partial charge in [0.1, 0.15) is 17.0 Å². The van der Waals surface area contributed by atoms with E-state index in [1.807, 2.05) is 6.92 Å². The summed E-state index contributed by atoms with van der Waals surface area (Å²) in [4.78, 5) is 12.8. The summed E-state index contributed by atoms with van der Waals surface area (Å²) in [5.74, 6) is 1.30. The van der Waals surface area contributed by atoms with Crippen LogP contribution in [0, 0.1) is 5.82 Å². The van der Waals surface area contributed by atoms with Crippen molar-refractivity contribution in [3.63, 3.8) is 0 Å². The Morgan fingerprint density at radius 2 is 2.07 bits per heavy atom. The minimum absolute atomic E-state index is 0.243. The van der Waals surface area contributed by atoms with Crippen molar-refractivity contribution in [1.29, 1.82) is 0 Å². The average Bonchev–Trinajstić information content (AvgIpc) is 3.17. The van der Waals surface area contributed by atoms with E-state index in [9.17, 15) is 4.39 Å². The molecule has 0 atom stereocenters. The summed E-state index contributed by atoms with van der Waals surface area (Å²) in [6.45, 7) is 2.56. The average molecular weight is 394 g/mol. The zero-order valence-electron chi connectivity index (χ0n) is 16.0. The Hall–Kier alpha value is -3.75. The van der Waals surface area contributed by atoms with Gasteiger partial charge in [-0.25, -0.2) is 18.9 Å². The first-order valence-electron chi connectivity index (χ1n) is 9.09. The first kappa shape index (κ1) is 18.6. The Labute approximate surface area is 166 Å². The van der Waals surface area contributed by atoms with Gasteiger partial charge in [0.15, 0.2) is 11.6 Å². The van der Waals surface area contributed by atoms with Gasteiger partial charge < -0.3 is 14.8 Å². The molecule has 29 heavy (non-hydrogen) atoms. The quantitative estimate of drug-likeness (QED) is 0.509. The van der Waals surface area contributed by atoms with Crippen molar-refractivity contribution >= 4 is 17.0 Å². The highest BCUT2D eigenvalue weighted by molar-refractivity contribution is 5.80. The number of hydrogen-bond acceptors (Lipinski definition) is 7. The van der Waals surface area contributed by atoms with E-state index in [0.29, 0.717) is 41.1 Å². The topological polar surface area (TPSA) is 86.5 Å². The van der Waals surface area contributed by atoms with Crippen LogP contribution in [0.2, 0.25) is 0 Å². The second-order valence-electron chi connectivity index (χ2n) is 6.15. The minimum atomic E-state index is -0.493. The third kappa shape index (κ3) is 3.79. The van der Waals surface area contributed by atoms with Gasteiger partial charge in [-0.2, -0.15) is 0 Å². The van der Waals surface area contributed by atoms with Crippen molar-refractivity contribution in [1.82, 2.24) is 24.6 Å². The molecule has 4 aromatic heterocycles. The summed E-state index contributed by atoms with van der Waals surface area (Å²) < 4.78 is 26.8. The smallest absolute Gasteiger partial charge is 0.213 e. The SMILES string of the molecule is CCCOc1ccn2nc(-c3cccc(OC)n3)nc(Nc3ccncc3F)c12. The van der Waals surface area contributed by atoms with Gasteiger partial charge >= 0.3 is 0 Å². The van der Waals surface area contributed by atoms with Gasteiger partial charge in [0.25, 0.3) is 0 Å². The van der Waals surface area contributed by atoms with E-state index < -0.39 is 5.82 Å². The molecule has 8 nitrogen and oxygen atoms in total. The van der Waals surface area contributed by atoms with Crippen molar-refractivity contribution in [3.05, 3.63) is 54.7 Å². The van der Waals surface area contributed by atoms with E-state index in [1.54, 1.807) is 42.1 Å². The Morgan fingerprint density at radius 1 is 1.17 bits per heavy atom. The number of rotatable bonds is 7. The van der Waals surface area contributed by atoms with Crippen LogP contribution in [0.25, 0.3) is 17.0 Å². The third-order valence-corrected chi connectivity index (χ3v) is 4.12. The zero-order chi connectivity index (χ0) is 20.2. The molecule has 4 heterocycles. The van der Waals surface area contributed by atoms with Crippen LogP contribution >= 0.6 is 0 Å². The molecule has 0 radical (unpaired) electrons. The molecule has 4 rings (SSSR count). The maximum absolute atomic E-state index is 14.2. The maximum Gasteiger partial charge on any atom is 0.213 e. The fourth-order valence-electron chi connectivity index (χ4n) is 2.78. The van der Waals surface area contributed by atoms with Gasteiger partial charge in [0.05, 0.1) is 25.6 Å². The Kier molecular flexibility index (Phi) is 5.19. The van der Waals surface area contributed by atoms with Gasteiger partial charge in [-0.3, -0.25) is 4.98 Å². The van der Waals surface area contributed by atoms with E-state index in [4.69, 9.17) is 9.47 Å². The van der Waals surface area contributed by atoms with Gasteiger partial charge in [-0.1, -0.05) is 13.0 Å². The summed E-state index contributed by atoms with van der Waals surface area (Å²) in [6, 6.07) is 8.65. The highest BCUT2D eigenvalue weighted by Crippen LogP contribution is 2.31. The van der Waals surface area contributed by atoms with Gasteiger partial charge in [0.2, 0.25) is 11.7 Å². The number of methoxy groups -OCH3 is 1. The van der Waals surface area contributed by atoms with E-state index in [2.05, 4.69) is 25.4 Å². The lowest BCUT2D eigenvalue weighted by Crippen LogP contribution is -2.06. The first-order valence-corrected chi connectivity index (χ1v) is 9.09. The summed E-state index contributed by atoms with van der Waals surface area (Å²) >= 11 is 0. The lowest BCUT2D eigenvalue weighted by Gasteiger charge is -2.12. The number of pyridine rings is 2. The van der Waals surface area contributed by atoms with Gasteiger partial charge in [-0.05, 0) is 18.6 Å². The zero-order valence-corrected chi connectivity index (χ0v) is 16.0. The van der Waals surface area contributed by atoms with E-state index in [0.717, 1.165) is 12.6 Å². The number of halogens is 1. The van der Waals surface area contributed by atoms with Crippen molar-refractivity contribution in [3.8, 4) is 23.1 Å². The summed E-state index contributed by atoms with van der Waals surface area (Å²) in [6.07, 6.45) is 5.25. The van der Waals surface area contributed by atoms with Crippen LogP contribution in [0.3, 0.4) is 0 Å². The fourth-order valence-corrected chi connectivity index (χ4v) is 2.78. The number of fused-ring (bicyclic) bond motifs is 1. The Bertz CT molecular complexity index is 1150. The summed E-state index contributed by atoms with van der Waals surface area (Å²) in [5, 5.41) is 7.57. The summed E-state index contributed by atoms with van der Waals surface area (Å²) in [5.41, 5.74) is 1.36. The lowest BCUT2D eigenvalue weighted by molar-refractivity contribution is 0.321. The van der Waals surface area contributed by atoms with Crippen LogP contribution < -0.4 is 14.8 Å². The molecule has 148 valence electrons. The predicted octanol–water partition coefficient (Wildman–Crippen LogP) is 3.87. The molecule has 0 bridgehead atoms. The molecule has 0 aliphatic carbocycles. The van der Waals surface area contributed by atoms with Gasteiger partial charge in [0, 0.05) is 24.5 Å². The standard InChI is InChI=1S/C20H19FN6O2/c1-3-11-29-16-8-10-27-18(16)20(24-14-7-9-22-12-13(14)21)25-19(26-27)15-5-4-6-17(23-15)28-2/h4-10,12H,3,11H2,1-2H3,(H,22,24,25,26). The molecule has 0 aliphatic rings. The highest BCUT2D eigenvalue weighted by atomic mass is 19.1. The molecule has 0 saturated heterocycles. The lowest BCUT2D eigenvalue weighted by atomic mass is 10.3.